The highest BCUT2D eigenvalue weighted by atomic mass is 16.2. The maximum absolute atomic E-state index is 12.4. The van der Waals surface area contributed by atoms with E-state index in [4.69, 9.17) is 5.73 Å². The quantitative estimate of drug-likeness (QED) is 0.656. The minimum atomic E-state index is -0.378. The summed E-state index contributed by atoms with van der Waals surface area (Å²) in [6, 6.07) is 6.07. The zero-order valence-corrected chi connectivity index (χ0v) is 12.3. The van der Waals surface area contributed by atoms with Crippen molar-refractivity contribution in [2.75, 3.05) is 18.8 Å². The third-order valence-electron chi connectivity index (χ3n) is 4.30. The van der Waals surface area contributed by atoms with Gasteiger partial charge in [0.1, 0.15) is 0 Å². The fourth-order valence-corrected chi connectivity index (χ4v) is 2.96. The van der Waals surface area contributed by atoms with Crippen LogP contribution in [0.4, 0.5) is 5.69 Å². The summed E-state index contributed by atoms with van der Waals surface area (Å²) in [6.07, 6.45) is 2.82. The minimum Gasteiger partial charge on any atom is -0.399 e. The van der Waals surface area contributed by atoms with Crippen LogP contribution in [0.3, 0.4) is 0 Å². The number of nitrogens with zero attached hydrogens (tertiary/aromatic N) is 2. The molecule has 5 heteroatoms. The van der Waals surface area contributed by atoms with Gasteiger partial charge in [0.25, 0.3) is 0 Å². The van der Waals surface area contributed by atoms with Gasteiger partial charge in [-0.15, -0.1) is 0 Å². The summed E-state index contributed by atoms with van der Waals surface area (Å²) in [5.41, 5.74) is 8.77. The van der Waals surface area contributed by atoms with Gasteiger partial charge in [-0.1, -0.05) is 6.07 Å². The standard InChI is InChI=1S/C16H21N3O2/c1-2-19(14-5-6-14)16(21)15(20)18-8-7-11-3-4-13(17)9-12(11)10-18/h3-4,9,14H,2,5-8,10,17H2,1H3. The summed E-state index contributed by atoms with van der Waals surface area (Å²) in [6.45, 7) is 3.61. The number of nitrogen functional groups attached to an aromatic ring is 1. The first-order valence-corrected chi connectivity index (χ1v) is 7.57. The molecule has 2 aliphatic rings. The van der Waals surface area contributed by atoms with E-state index in [1.54, 1.807) is 9.80 Å². The van der Waals surface area contributed by atoms with E-state index in [2.05, 4.69) is 0 Å². The predicted octanol–water partition coefficient (Wildman–Crippen LogP) is 1.16. The molecular weight excluding hydrogens is 266 g/mol. The molecule has 1 aromatic rings. The summed E-state index contributed by atoms with van der Waals surface area (Å²) < 4.78 is 0. The SMILES string of the molecule is CCN(C(=O)C(=O)N1CCc2ccc(N)cc2C1)C1CC1. The molecule has 1 fully saturated rings. The van der Waals surface area contributed by atoms with Crippen molar-refractivity contribution in [1.82, 2.24) is 9.80 Å². The third-order valence-corrected chi connectivity index (χ3v) is 4.30. The topological polar surface area (TPSA) is 66.6 Å². The molecule has 0 aromatic heterocycles. The molecule has 0 bridgehead atoms. The Morgan fingerprint density at radius 2 is 2.10 bits per heavy atom. The molecule has 1 saturated carbocycles. The van der Waals surface area contributed by atoms with Crippen LogP contribution in [0.2, 0.25) is 0 Å². The second kappa shape index (κ2) is 5.39. The van der Waals surface area contributed by atoms with Crippen LogP contribution in [0.25, 0.3) is 0 Å². The number of hydrogen-bond acceptors (Lipinski definition) is 3. The first-order chi connectivity index (χ1) is 10.1. The maximum atomic E-state index is 12.4. The minimum absolute atomic E-state index is 0.277. The molecule has 112 valence electrons. The van der Waals surface area contributed by atoms with Crippen LogP contribution in [-0.4, -0.2) is 40.7 Å². The fraction of sp³-hybridized carbons (Fsp3) is 0.500. The van der Waals surface area contributed by atoms with Gasteiger partial charge in [0.15, 0.2) is 0 Å². The highest BCUT2D eigenvalue weighted by Crippen LogP contribution is 2.27. The molecule has 3 rings (SSSR count). The normalized spacial score (nSPS) is 17.3. The van der Waals surface area contributed by atoms with Gasteiger partial charge in [0.2, 0.25) is 0 Å². The molecular formula is C16H21N3O2. The van der Waals surface area contributed by atoms with Crippen molar-refractivity contribution in [2.24, 2.45) is 0 Å². The molecule has 2 amide bonds. The first-order valence-electron chi connectivity index (χ1n) is 7.57. The highest BCUT2D eigenvalue weighted by molar-refractivity contribution is 6.35. The number of hydrogen-bond donors (Lipinski definition) is 1. The predicted molar refractivity (Wildman–Crippen MR) is 80.4 cm³/mol. The van der Waals surface area contributed by atoms with E-state index in [1.165, 1.54) is 5.56 Å². The Hall–Kier alpha value is -2.04. The Morgan fingerprint density at radius 1 is 1.33 bits per heavy atom. The number of carbonyl (C=O) groups is 2. The van der Waals surface area contributed by atoms with Crippen molar-refractivity contribution >= 4 is 17.5 Å². The van der Waals surface area contributed by atoms with Gasteiger partial charge in [-0.3, -0.25) is 9.59 Å². The van der Waals surface area contributed by atoms with Crippen LogP contribution in [0.15, 0.2) is 18.2 Å². The molecule has 1 aromatic carbocycles. The fourth-order valence-electron chi connectivity index (χ4n) is 2.96. The smallest absolute Gasteiger partial charge is 0.312 e. The number of amides is 2. The average molecular weight is 287 g/mol. The van der Waals surface area contributed by atoms with Crippen molar-refractivity contribution in [3.8, 4) is 0 Å². The van der Waals surface area contributed by atoms with E-state index < -0.39 is 0 Å². The Labute approximate surface area is 124 Å². The lowest BCUT2D eigenvalue weighted by atomic mass is 9.99. The number of likely N-dealkylation sites (N-methyl/N-ethyl adjacent to an activating group) is 1. The van der Waals surface area contributed by atoms with Crippen LogP contribution < -0.4 is 5.73 Å². The first kappa shape index (κ1) is 13.9. The maximum Gasteiger partial charge on any atom is 0.312 e. The summed E-state index contributed by atoms with van der Waals surface area (Å²) in [5.74, 6) is -0.732. The summed E-state index contributed by atoms with van der Waals surface area (Å²) in [5, 5.41) is 0. The van der Waals surface area contributed by atoms with Crippen LogP contribution >= 0.6 is 0 Å². The van der Waals surface area contributed by atoms with Crippen LogP contribution in [-0.2, 0) is 22.6 Å². The number of fused-ring (bicyclic) bond motifs is 1. The van der Waals surface area contributed by atoms with E-state index in [9.17, 15) is 9.59 Å². The number of rotatable bonds is 2. The van der Waals surface area contributed by atoms with Gasteiger partial charge < -0.3 is 15.5 Å². The molecule has 0 radical (unpaired) electrons. The van der Waals surface area contributed by atoms with Gasteiger partial charge in [-0.2, -0.15) is 0 Å². The van der Waals surface area contributed by atoms with E-state index in [0.29, 0.717) is 25.3 Å². The molecule has 1 heterocycles. The lowest BCUT2D eigenvalue weighted by molar-refractivity contribution is -0.152. The molecule has 2 N–H and O–H groups in total. The lowest BCUT2D eigenvalue weighted by Crippen LogP contribution is -2.47. The van der Waals surface area contributed by atoms with Crippen molar-refractivity contribution < 1.29 is 9.59 Å². The van der Waals surface area contributed by atoms with Gasteiger partial charge in [0.05, 0.1) is 0 Å². The Balaban J connectivity index is 1.72. The summed E-state index contributed by atoms with van der Waals surface area (Å²) >= 11 is 0. The summed E-state index contributed by atoms with van der Waals surface area (Å²) in [4.78, 5) is 28.1. The zero-order chi connectivity index (χ0) is 15.0. The number of benzene rings is 1. The molecule has 21 heavy (non-hydrogen) atoms. The Morgan fingerprint density at radius 3 is 2.76 bits per heavy atom. The molecule has 1 aliphatic heterocycles. The van der Waals surface area contributed by atoms with Gasteiger partial charge >= 0.3 is 11.8 Å². The average Bonchev–Trinajstić information content (AvgIpc) is 3.31. The Bertz CT molecular complexity index is 581. The monoisotopic (exact) mass is 287 g/mol. The molecule has 0 saturated heterocycles. The van der Waals surface area contributed by atoms with Gasteiger partial charge in [-0.25, -0.2) is 0 Å². The second-order valence-corrected chi connectivity index (χ2v) is 5.83. The third kappa shape index (κ3) is 2.73. The second-order valence-electron chi connectivity index (χ2n) is 5.83. The molecule has 5 nitrogen and oxygen atoms in total. The van der Waals surface area contributed by atoms with E-state index in [-0.39, 0.29) is 17.9 Å². The van der Waals surface area contributed by atoms with Crippen LogP contribution in [0.1, 0.15) is 30.9 Å². The molecule has 0 unspecified atom stereocenters. The summed E-state index contributed by atoms with van der Waals surface area (Å²) in [7, 11) is 0. The van der Waals surface area contributed by atoms with E-state index in [0.717, 1.165) is 24.8 Å². The van der Waals surface area contributed by atoms with Crippen LogP contribution in [0.5, 0.6) is 0 Å². The van der Waals surface area contributed by atoms with E-state index >= 15 is 0 Å². The van der Waals surface area contributed by atoms with Gasteiger partial charge in [0, 0.05) is 31.4 Å². The van der Waals surface area contributed by atoms with Crippen molar-refractivity contribution in [3.05, 3.63) is 29.3 Å². The largest absolute Gasteiger partial charge is 0.399 e. The number of nitrogens with two attached hydrogens (primary N) is 1. The number of carbonyl (C=O) groups excluding carboxylic acids is 2. The lowest BCUT2D eigenvalue weighted by Gasteiger charge is -2.30. The van der Waals surface area contributed by atoms with Crippen molar-refractivity contribution in [2.45, 2.75) is 38.8 Å². The molecule has 0 atom stereocenters. The highest BCUT2D eigenvalue weighted by Gasteiger charge is 2.36. The molecule has 1 aliphatic carbocycles. The van der Waals surface area contributed by atoms with Gasteiger partial charge in [-0.05, 0) is 49.4 Å². The van der Waals surface area contributed by atoms with Crippen molar-refractivity contribution in [1.29, 1.82) is 0 Å². The van der Waals surface area contributed by atoms with E-state index in [1.807, 2.05) is 25.1 Å². The number of anilines is 1. The Kier molecular flexibility index (Phi) is 3.57. The van der Waals surface area contributed by atoms with Crippen LogP contribution in [0, 0.1) is 0 Å². The molecule has 0 spiro atoms. The zero-order valence-electron chi connectivity index (χ0n) is 12.3. The van der Waals surface area contributed by atoms with Crippen molar-refractivity contribution in [3.63, 3.8) is 0 Å².